The number of carbonyl (C=O) groups is 1. The molecule has 0 saturated carbocycles. The number of hydrogen-bond donors (Lipinski definition) is 1. The Kier molecular flexibility index (Phi) is 4.91. The first kappa shape index (κ1) is 15.2. The van der Waals surface area contributed by atoms with Crippen LogP contribution in [-0.2, 0) is 24.8 Å². The Labute approximate surface area is 131 Å². The van der Waals surface area contributed by atoms with Crippen molar-refractivity contribution in [1.29, 1.82) is 0 Å². The SMILES string of the molecule is Cn1ncc(Cl)c1CC(=O)NCc1ccc(Cl)cc1Cl. The molecule has 2 aromatic rings. The second-order valence-corrected chi connectivity index (χ2v) is 5.50. The Morgan fingerprint density at radius 3 is 2.65 bits per heavy atom. The number of benzene rings is 1. The van der Waals surface area contributed by atoms with Crippen molar-refractivity contribution in [3.63, 3.8) is 0 Å². The molecule has 0 spiro atoms. The minimum Gasteiger partial charge on any atom is -0.352 e. The summed E-state index contributed by atoms with van der Waals surface area (Å²) < 4.78 is 1.58. The quantitative estimate of drug-likeness (QED) is 0.934. The fourth-order valence-corrected chi connectivity index (χ4v) is 2.42. The topological polar surface area (TPSA) is 46.9 Å². The molecule has 0 saturated heterocycles. The van der Waals surface area contributed by atoms with Crippen molar-refractivity contribution in [3.05, 3.63) is 50.7 Å². The Hall–Kier alpha value is -1.23. The Morgan fingerprint density at radius 2 is 2.05 bits per heavy atom. The molecule has 0 atom stereocenters. The van der Waals surface area contributed by atoms with Crippen LogP contribution in [0.25, 0.3) is 0 Å². The summed E-state index contributed by atoms with van der Waals surface area (Å²) in [6, 6.07) is 5.15. The van der Waals surface area contributed by atoms with Gasteiger partial charge in [-0.3, -0.25) is 9.48 Å². The summed E-state index contributed by atoms with van der Waals surface area (Å²) in [6.45, 7) is 0.338. The lowest BCUT2D eigenvalue weighted by atomic mass is 10.2. The third-order valence-corrected chi connectivity index (χ3v) is 3.73. The van der Waals surface area contributed by atoms with Crippen molar-refractivity contribution in [2.24, 2.45) is 7.05 Å². The highest BCUT2D eigenvalue weighted by Crippen LogP contribution is 2.21. The van der Waals surface area contributed by atoms with Crippen LogP contribution in [0.15, 0.2) is 24.4 Å². The van der Waals surface area contributed by atoms with Gasteiger partial charge in [-0.05, 0) is 17.7 Å². The standard InChI is InChI=1S/C13H12Cl3N3O/c1-19-12(11(16)7-18-19)5-13(20)17-6-8-2-3-9(14)4-10(8)15/h2-4,7H,5-6H2,1H3,(H,17,20). The molecular weight excluding hydrogens is 321 g/mol. The lowest BCUT2D eigenvalue weighted by Gasteiger charge is -2.08. The van der Waals surface area contributed by atoms with E-state index in [4.69, 9.17) is 34.8 Å². The van der Waals surface area contributed by atoms with E-state index in [2.05, 4.69) is 10.4 Å². The number of carbonyl (C=O) groups excluding carboxylic acids is 1. The first-order valence-corrected chi connectivity index (χ1v) is 6.97. The molecule has 0 unspecified atom stereocenters. The normalized spacial score (nSPS) is 10.6. The lowest BCUT2D eigenvalue weighted by molar-refractivity contribution is -0.120. The molecule has 0 aliphatic carbocycles. The largest absolute Gasteiger partial charge is 0.352 e. The fourth-order valence-electron chi connectivity index (χ4n) is 1.71. The molecular formula is C13H12Cl3N3O. The number of halogens is 3. The van der Waals surface area contributed by atoms with Crippen LogP contribution in [0.4, 0.5) is 0 Å². The van der Waals surface area contributed by atoms with Crippen molar-refractivity contribution in [2.75, 3.05) is 0 Å². The number of aryl methyl sites for hydroxylation is 1. The van der Waals surface area contributed by atoms with Gasteiger partial charge in [0.1, 0.15) is 0 Å². The average molecular weight is 333 g/mol. The highest BCUT2D eigenvalue weighted by Gasteiger charge is 2.12. The number of nitrogens with zero attached hydrogens (tertiary/aromatic N) is 2. The van der Waals surface area contributed by atoms with Gasteiger partial charge in [0.05, 0.1) is 23.3 Å². The summed E-state index contributed by atoms with van der Waals surface area (Å²) in [5.74, 6) is -0.151. The monoisotopic (exact) mass is 331 g/mol. The van der Waals surface area contributed by atoms with Gasteiger partial charge in [0.2, 0.25) is 5.91 Å². The van der Waals surface area contributed by atoms with Crippen LogP contribution in [0.2, 0.25) is 15.1 Å². The van der Waals surface area contributed by atoms with Crippen molar-refractivity contribution >= 4 is 40.7 Å². The number of rotatable bonds is 4. The number of hydrogen-bond acceptors (Lipinski definition) is 2. The van der Waals surface area contributed by atoms with Crippen LogP contribution in [0, 0.1) is 0 Å². The van der Waals surface area contributed by atoms with E-state index < -0.39 is 0 Å². The second kappa shape index (κ2) is 6.48. The molecule has 0 radical (unpaired) electrons. The number of amides is 1. The van der Waals surface area contributed by atoms with E-state index in [9.17, 15) is 4.79 Å². The predicted molar refractivity (Wildman–Crippen MR) is 80.2 cm³/mol. The van der Waals surface area contributed by atoms with Gasteiger partial charge in [-0.25, -0.2) is 0 Å². The summed E-state index contributed by atoms with van der Waals surface area (Å²) >= 11 is 17.8. The van der Waals surface area contributed by atoms with Crippen molar-refractivity contribution in [2.45, 2.75) is 13.0 Å². The maximum Gasteiger partial charge on any atom is 0.226 e. The first-order valence-electron chi connectivity index (χ1n) is 5.84. The highest BCUT2D eigenvalue weighted by molar-refractivity contribution is 6.35. The molecule has 0 bridgehead atoms. The van der Waals surface area contributed by atoms with Crippen LogP contribution in [0.5, 0.6) is 0 Å². The molecule has 0 aliphatic rings. The lowest BCUT2D eigenvalue weighted by Crippen LogP contribution is -2.25. The smallest absolute Gasteiger partial charge is 0.226 e. The van der Waals surface area contributed by atoms with Gasteiger partial charge in [0.15, 0.2) is 0 Å². The molecule has 0 fully saturated rings. The van der Waals surface area contributed by atoms with Crippen LogP contribution in [0.1, 0.15) is 11.3 Å². The molecule has 2 rings (SSSR count). The van der Waals surface area contributed by atoms with E-state index in [1.165, 1.54) is 6.20 Å². The maximum absolute atomic E-state index is 11.9. The Morgan fingerprint density at radius 1 is 1.30 bits per heavy atom. The molecule has 1 aromatic heterocycles. The molecule has 1 aromatic carbocycles. The van der Waals surface area contributed by atoms with Gasteiger partial charge in [-0.15, -0.1) is 0 Å². The van der Waals surface area contributed by atoms with Gasteiger partial charge in [-0.2, -0.15) is 5.10 Å². The zero-order valence-corrected chi connectivity index (χ0v) is 12.9. The van der Waals surface area contributed by atoms with Crippen molar-refractivity contribution < 1.29 is 4.79 Å². The minimum absolute atomic E-state index is 0.151. The molecule has 1 amide bonds. The van der Waals surface area contributed by atoms with Crippen LogP contribution in [-0.4, -0.2) is 15.7 Å². The van der Waals surface area contributed by atoms with Gasteiger partial charge in [0.25, 0.3) is 0 Å². The van der Waals surface area contributed by atoms with E-state index in [0.717, 1.165) is 5.56 Å². The van der Waals surface area contributed by atoms with E-state index in [1.807, 2.05) is 0 Å². The minimum atomic E-state index is -0.151. The molecule has 4 nitrogen and oxygen atoms in total. The molecule has 20 heavy (non-hydrogen) atoms. The molecule has 1 heterocycles. The van der Waals surface area contributed by atoms with E-state index in [1.54, 1.807) is 29.9 Å². The number of nitrogens with one attached hydrogen (secondary N) is 1. The molecule has 1 N–H and O–H groups in total. The zero-order chi connectivity index (χ0) is 14.7. The fraction of sp³-hybridized carbons (Fsp3) is 0.231. The Balaban J connectivity index is 1.96. The van der Waals surface area contributed by atoms with Crippen LogP contribution in [0.3, 0.4) is 0 Å². The second-order valence-electron chi connectivity index (χ2n) is 4.25. The summed E-state index contributed by atoms with van der Waals surface area (Å²) in [5.41, 5.74) is 1.48. The van der Waals surface area contributed by atoms with E-state index in [0.29, 0.717) is 27.3 Å². The van der Waals surface area contributed by atoms with E-state index >= 15 is 0 Å². The van der Waals surface area contributed by atoms with Crippen LogP contribution < -0.4 is 5.32 Å². The summed E-state index contributed by atoms with van der Waals surface area (Å²) in [7, 11) is 1.74. The van der Waals surface area contributed by atoms with Crippen molar-refractivity contribution in [3.8, 4) is 0 Å². The molecule has 0 aliphatic heterocycles. The first-order chi connectivity index (χ1) is 9.47. The zero-order valence-electron chi connectivity index (χ0n) is 10.7. The predicted octanol–water partition coefficient (Wildman–Crippen LogP) is 3.24. The van der Waals surface area contributed by atoms with Gasteiger partial charge in [-0.1, -0.05) is 40.9 Å². The summed E-state index contributed by atoms with van der Waals surface area (Å²) in [4.78, 5) is 11.9. The number of aromatic nitrogens is 2. The molecule has 106 valence electrons. The Bertz CT molecular complexity index is 620. The van der Waals surface area contributed by atoms with E-state index in [-0.39, 0.29) is 12.3 Å². The van der Waals surface area contributed by atoms with Crippen LogP contribution >= 0.6 is 34.8 Å². The van der Waals surface area contributed by atoms with Gasteiger partial charge in [0, 0.05) is 23.6 Å². The summed E-state index contributed by atoms with van der Waals surface area (Å²) in [5, 5.41) is 8.33. The molecule has 7 heteroatoms. The highest BCUT2D eigenvalue weighted by atomic mass is 35.5. The van der Waals surface area contributed by atoms with Gasteiger partial charge < -0.3 is 5.32 Å². The summed E-state index contributed by atoms with van der Waals surface area (Å²) in [6.07, 6.45) is 1.68. The third-order valence-electron chi connectivity index (χ3n) is 2.83. The van der Waals surface area contributed by atoms with Crippen molar-refractivity contribution in [1.82, 2.24) is 15.1 Å². The average Bonchev–Trinajstić information content (AvgIpc) is 2.69. The van der Waals surface area contributed by atoms with Gasteiger partial charge >= 0.3 is 0 Å². The maximum atomic E-state index is 11.9. The third kappa shape index (κ3) is 3.66.